The van der Waals surface area contributed by atoms with Gasteiger partial charge in [-0.2, -0.15) is 4.31 Å². The van der Waals surface area contributed by atoms with Crippen molar-refractivity contribution in [1.82, 2.24) is 4.31 Å². The molecule has 0 spiro atoms. The molecule has 0 unspecified atom stereocenters. The summed E-state index contributed by atoms with van der Waals surface area (Å²) < 4.78 is 32.0. The molecule has 1 saturated heterocycles. The van der Waals surface area contributed by atoms with E-state index in [0.29, 0.717) is 36.6 Å². The van der Waals surface area contributed by atoms with Crippen molar-refractivity contribution in [3.63, 3.8) is 0 Å². The maximum atomic E-state index is 12.8. The van der Waals surface area contributed by atoms with E-state index in [1.54, 1.807) is 32.0 Å². The second-order valence-corrected chi connectivity index (χ2v) is 7.63. The van der Waals surface area contributed by atoms with Crippen molar-refractivity contribution in [3.05, 3.63) is 28.8 Å². The van der Waals surface area contributed by atoms with Crippen LogP contribution in [0.5, 0.6) is 0 Å². The van der Waals surface area contributed by atoms with Crippen LogP contribution in [0.2, 0.25) is 5.02 Å². The summed E-state index contributed by atoms with van der Waals surface area (Å²) in [4.78, 5) is 12.1. The van der Waals surface area contributed by atoms with Gasteiger partial charge in [-0.05, 0) is 44.4 Å². The standard InChI is InChI=1S/C15H20ClNO4S/c1-3-21-15(18)12-6-5-9-17(10-12)22(19,20)14-8-4-7-13(16)11(14)2/h4,7-8,12H,3,5-6,9-10H2,1-2H3/t12-/m1/s1. The van der Waals surface area contributed by atoms with Crippen molar-refractivity contribution in [2.75, 3.05) is 19.7 Å². The van der Waals surface area contributed by atoms with Crippen LogP contribution in [0.25, 0.3) is 0 Å². The average Bonchev–Trinajstić information content (AvgIpc) is 2.50. The van der Waals surface area contributed by atoms with Crippen LogP contribution in [0.3, 0.4) is 0 Å². The molecule has 122 valence electrons. The number of carbonyl (C=O) groups excluding carboxylic acids is 1. The van der Waals surface area contributed by atoms with Crippen LogP contribution in [-0.2, 0) is 19.6 Å². The number of sulfonamides is 1. The van der Waals surface area contributed by atoms with Crippen molar-refractivity contribution >= 4 is 27.6 Å². The molecule has 1 aliphatic rings. The highest BCUT2D eigenvalue weighted by Gasteiger charge is 2.34. The summed E-state index contributed by atoms with van der Waals surface area (Å²) in [6.07, 6.45) is 1.29. The minimum absolute atomic E-state index is 0.160. The Morgan fingerprint density at radius 3 is 2.86 bits per heavy atom. The van der Waals surface area contributed by atoms with Gasteiger partial charge in [0.05, 0.1) is 17.4 Å². The van der Waals surface area contributed by atoms with Crippen molar-refractivity contribution < 1.29 is 17.9 Å². The lowest BCUT2D eigenvalue weighted by atomic mass is 10.0. The van der Waals surface area contributed by atoms with E-state index >= 15 is 0 Å². The maximum absolute atomic E-state index is 12.8. The van der Waals surface area contributed by atoms with Gasteiger partial charge in [0.25, 0.3) is 0 Å². The van der Waals surface area contributed by atoms with Crippen molar-refractivity contribution in [1.29, 1.82) is 0 Å². The molecule has 0 amide bonds. The molecule has 1 heterocycles. The first-order chi connectivity index (χ1) is 10.4. The Kier molecular flexibility index (Phi) is 5.47. The lowest BCUT2D eigenvalue weighted by molar-refractivity contribution is -0.149. The van der Waals surface area contributed by atoms with Crippen molar-refractivity contribution in [2.45, 2.75) is 31.6 Å². The van der Waals surface area contributed by atoms with E-state index in [9.17, 15) is 13.2 Å². The number of piperidine rings is 1. The molecule has 0 bridgehead atoms. The van der Waals surface area contributed by atoms with Crippen LogP contribution >= 0.6 is 11.6 Å². The Bertz CT molecular complexity index is 660. The largest absolute Gasteiger partial charge is 0.466 e. The predicted molar refractivity (Wildman–Crippen MR) is 84.3 cm³/mol. The van der Waals surface area contributed by atoms with E-state index in [2.05, 4.69) is 0 Å². The number of carbonyl (C=O) groups is 1. The molecular weight excluding hydrogens is 326 g/mol. The molecule has 22 heavy (non-hydrogen) atoms. The lowest BCUT2D eigenvalue weighted by Gasteiger charge is -2.31. The molecule has 0 saturated carbocycles. The quantitative estimate of drug-likeness (QED) is 0.787. The van der Waals surface area contributed by atoms with Crippen LogP contribution in [0.1, 0.15) is 25.3 Å². The van der Waals surface area contributed by atoms with E-state index in [-0.39, 0.29) is 17.4 Å². The van der Waals surface area contributed by atoms with Gasteiger partial charge in [0.2, 0.25) is 10.0 Å². The molecule has 1 aliphatic heterocycles. The number of nitrogens with zero attached hydrogens (tertiary/aromatic N) is 1. The van der Waals surface area contributed by atoms with E-state index < -0.39 is 15.9 Å². The van der Waals surface area contributed by atoms with E-state index in [1.165, 1.54) is 4.31 Å². The van der Waals surface area contributed by atoms with Gasteiger partial charge in [0.15, 0.2) is 0 Å². The summed E-state index contributed by atoms with van der Waals surface area (Å²) in [5, 5.41) is 0.417. The highest BCUT2D eigenvalue weighted by atomic mass is 35.5. The fourth-order valence-corrected chi connectivity index (χ4v) is 4.62. The third-order valence-electron chi connectivity index (χ3n) is 3.84. The van der Waals surface area contributed by atoms with Gasteiger partial charge in [-0.15, -0.1) is 0 Å². The molecule has 0 radical (unpaired) electrons. The van der Waals surface area contributed by atoms with Gasteiger partial charge in [-0.25, -0.2) is 8.42 Å². The summed E-state index contributed by atoms with van der Waals surface area (Å²) in [7, 11) is -3.66. The zero-order valence-electron chi connectivity index (χ0n) is 12.7. The Morgan fingerprint density at radius 2 is 2.18 bits per heavy atom. The van der Waals surface area contributed by atoms with Gasteiger partial charge in [-0.3, -0.25) is 4.79 Å². The second-order valence-electron chi connectivity index (χ2n) is 5.32. The second kappa shape index (κ2) is 6.98. The molecule has 1 fully saturated rings. The highest BCUT2D eigenvalue weighted by Crippen LogP contribution is 2.29. The molecule has 1 atom stereocenters. The van der Waals surface area contributed by atoms with Gasteiger partial charge >= 0.3 is 5.97 Å². The Balaban J connectivity index is 2.26. The van der Waals surface area contributed by atoms with Gasteiger partial charge in [-0.1, -0.05) is 17.7 Å². The Labute approximate surface area is 136 Å². The summed E-state index contributed by atoms with van der Waals surface area (Å²) in [5.41, 5.74) is 0.530. The highest BCUT2D eigenvalue weighted by molar-refractivity contribution is 7.89. The first-order valence-corrected chi connectivity index (χ1v) is 9.11. The van der Waals surface area contributed by atoms with Gasteiger partial charge < -0.3 is 4.74 Å². The van der Waals surface area contributed by atoms with Crippen LogP contribution < -0.4 is 0 Å². The minimum atomic E-state index is -3.66. The van der Waals surface area contributed by atoms with E-state index in [1.807, 2.05) is 0 Å². The molecule has 0 aromatic heterocycles. The molecule has 1 aromatic rings. The maximum Gasteiger partial charge on any atom is 0.310 e. The first kappa shape index (κ1) is 17.2. The lowest BCUT2D eigenvalue weighted by Crippen LogP contribution is -2.42. The van der Waals surface area contributed by atoms with Crippen molar-refractivity contribution in [2.24, 2.45) is 5.92 Å². The minimum Gasteiger partial charge on any atom is -0.466 e. The fraction of sp³-hybridized carbons (Fsp3) is 0.533. The zero-order valence-corrected chi connectivity index (χ0v) is 14.3. The van der Waals surface area contributed by atoms with E-state index in [0.717, 1.165) is 0 Å². The molecule has 0 aliphatic carbocycles. The normalized spacial score (nSPS) is 19.9. The average molecular weight is 346 g/mol. The Morgan fingerprint density at radius 1 is 1.45 bits per heavy atom. The van der Waals surface area contributed by atoms with E-state index in [4.69, 9.17) is 16.3 Å². The number of hydrogen-bond acceptors (Lipinski definition) is 4. The number of hydrogen-bond donors (Lipinski definition) is 0. The Hall–Kier alpha value is -1.11. The predicted octanol–water partition coefficient (Wildman–Crippen LogP) is 2.61. The van der Waals surface area contributed by atoms with Crippen LogP contribution in [-0.4, -0.2) is 38.4 Å². The molecule has 5 nitrogen and oxygen atoms in total. The van der Waals surface area contributed by atoms with Crippen LogP contribution in [0.15, 0.2) is 23.1 Å². The molecule has 7 heteroatoms. The number of rotatable bonds is 4. The molecule has 0 N–H and O–H groups in total. The van der Waals surface area contributed by atoms with Crippen LogP contribution in [0, 0.1) is 12.8 Å². The third kappa shape index (κ3) is 3.45. The molecule has 2 rings (SSSR count). The fourth-order valence-electron chi connectivity index (χ4n) is 2.62. The first-order valence-electron chi connectivity index (χ1n) is 7.29. The molecule has 1 aromatic carbocycles. The zero-order chi connectivity index (χ0) is 16.3. The number of halogens is 1. The van der Waals surface area contributed by atoms with Crippen molar-refractivity contribution in [3.8, 4) is 0 Å². The number of esters is 1. The topological polar surface area (TPSA) is 63.7 Å². The summed E-state index contributed by atoms with van der Waals surface area (Å²) in [5.74, 6) is -0.729. The van der Waals surface area contributed by atoms with Crippen LogP contribution in [0.4, 0.5) is 0 Å². The monoisotopic (exact) mass is 345 g/mol. The smallest absolute Gasteiger partial charge is 0.310 e. The summed E-state index contributed by atoms with van der Waals surface area (Å²) >= 11 is 6.02. The van der Waals surface area contributed by atoms with Gasteiger partial charge in [0.1, 0.15) is 0 Å². The number of ether oxygens (including phenoxy) is 1. The summed E-state index contributed by atoms with van der Waals surface area (Å²) in [6.45, 7) is 4.29. The SMILES string of the molecule is CCOC(=O)[C@@H]1CCCN(S(=O)(=O)c2cccc(Cl)c2C)C1. The molecular formula is C15H20ClNO4S. The third-order valence-corrected chi connectivity index (χ3v) is 6.26. The number of benzene rings is 1. The van der Waals surface area contributed by atoms with Gasteiger partial charge in [0, 0.05) is 18.1 Å². The summed E-state index contributed by atoms with van der Waals surface area (Å²) in [6, 6.07) is 4.83.